The van der Waals surface area contributed by atoms with Gasteiger partial charge in [-0.2, -0.15) is 0 Å². The Morgan fingerprint density at radius 2 is 1.33 bits per heavy atom. The number of amides is 2. The van der Waals surface area contributed by atoms with Crippen LogP contribution in [0.25, 0.3) is 32.3 Å². The number of ether oxygens (including phenoxy) is 1. The molecule has 0 saturated carbocycles. The third kappa shape index (κ3) is 5.45. The van der Waals surface area contributed by atoms with E-state index in [0.717, 1.165) is 23.1 Å². The summed E-state index contributed by atoms with van der Waals surface area (Å²) in [6, 6.07) is 37.3. The van der Waals surface area contributed by atoms with Crippen molar-refractivity contribution < 1.29 is 24.2 Å². The lowest BCUT2D eigenvalue weighted by molar-refractivity contribution is -0.167. The molecule has 2 heterocycles. The summed E-state index contributed by atoms with van der Waals surface area (Å²) in [5.74, 6) is -2.72. The van der Waals surface area contributed by atoms with Gasteiger partial charge in [0.05, 0.1) is 20.1 Å². The molecule has 0 unspecified atom stereocenters. The van der Waals surface area contributed by atoms with Crippen molar-refractivity contribution in [1.82, 2.24) is 4.90 Å². The predicted octanol–water partition coefficient (Wildman–Crippen LogP) is 10.2. The van der Waals surface area contributed by atoms with E-state index in [1.54, 1.807) is 19.1 Å². The zero-order valence-electron chi connectivity index (χ0n) is 25.6. The Morgan fingerprint density at radius 1 is 0.771 bits per heavy atom. The summed E-state index contributed by atoms with van der Waals surface area (Å²) in [5.41, 5.74) is 3.42. The van der Waals surface area contributed by atoms with Gasteiger partial charge in [0.15, 0.2) is 5.75 Å². The minimum absolute atomic E-state index is 0.143. The number of rotatable bonds is 9. The van der Waals surface area contributed by atoms with Crippen molar-refractivity contribution in [3.63, 3.8) is 0 Å². The largest absolute Gasteiger partial charge is 0.477 e. The van der Waals surface area contributed by atoms with Crippen LogP contribution in [0.1, 0.15) is 44.5 Å². The van der Waals surface area contributed by atoms with E-state index in [9.17, 15) is 19.5 Å². The number of aliphatic carboxylic acids is 1. The minimum atomic E-state index is -2.28. The number of carboxylic acid groups (broad SMARTS) is 1. The molecule has 0 saturated heterocycles. The van der Waals surface area contributed by atoms with Gasteiger partial charge in [-0.1, -0.05) is 91.9 Å². The van der Waals surface area contributed by atoms with E-state index in [-0.39, 0.29) is 23.3 Å². The van der Waals surface area contributed by atoms with Crippen LogP contribution in [0.15, 0.2) is 124 Å². The molecule has 5 aromatic carbocycles. The number of imide groups is 1. The van der Waals surface area contributed by atoms with Crippen molar-refractivity contribution >= 4 is 71.1 Å². The van der Waals surface area contributed by atoms with Crippen LogP contribution in [0.5, 0.6) is 5.75 Å². The molecule has 0 fully saturated rings. The number of hydrogen-bond acceptors (Lipinski definition) is 5. The summed E-state index contributed by atoms with van der Waals surface area (Å²) in [6.45, 7) is 1.57. The first-order valence-corrected chi connectivity index (χ1v) is 17.7. The standard InChI is InChI=1S/C39H27Br2NO5S/c1-2-39(38(45)46,42-36(43)27-12-6-7-13-28(27)37(42)44)47-35-30(40)21-26(22-31(35)41)24-16-18-25(19-17-24)34-29-14-8-9-15-32(29)48-33(34)20-23-10-4-3-5-11-23/h3-19,21-22H,2,20H2,1H3,(H,45,46)/t39-/m1/s1. The van der Waals surface area contributed by atoms with E-state index in [2.05, 4.69) is 105 Å². The van der Waals surface area contributed by atoms with Crippen molar-refractivity contribution in [2.45, 2.75) is 25.5 Å². The smallest absolute Gasteiger partial charge is 0.370 e. The first-order chi connectivity index (χ1) is 23.2. The number of benzene rings is 5. The van der Waals surface area contributed by atoms with Crippen LogP contribution in [-0.4, -0.2) is 33.5 Å². The maximum Gasteiger partial charge on any atom is 0.370 e. The SMILES string of the molecule is CC[C@@](Oc1c(Br)cc(-c2ccc(-c3c(Cc4ccccc4)sc4ccccc34)cc2)cc1Br)(C(=O)O)N1C(=O)c2ccccc2C1=O. The molecule has 1 aromatic heterocycles. The summed E-state index contributed by atoms with van der Waals surface area (Å²) < 4.78 is 8.35. The lowest BCUT2D eigenvalue weighted by atomic mass is 9.96. The zero-order valence-corrected chi connectivity index (χ0v) is 29.6. The maximum atomic E-state index is 13.4. The Bertz CT molecular complexity index is 2170. The highest BCUT2D eigenvalue weighted by atomic mass is 79.9. The molecule has 1 N–H and O–H groups in total. The van der Waals surface area contributed by atoms with Crippen molar-refractivity contribution in [2.75, 3.05) is 0 Å². The monoisotopic (exact) mass is 779 g/mol. The Labute approximate surface area is 297 Å². The number of carbonyl (C=O) groups is 3. The van der Waals surface area contributed by atoms with Crippen LogP contribution in [-0.2, 0) is 11.2 Å². The Balaban J connectivity index is 1.21. The van der Waals surface area contributed by atoms with Crippen molar-refractivity contribution in [3.05, 3.63) is 146 Å². The molecule has 2 amide bonds. The molecule has 9 heteroatoms. The van der Waals surface area contributed by atoms with Crippen LogP contribution in [0.3, 0.4) is 0 Å². The summed E-state index contributed by atoms with van der Waals surface area (Å²) in [5, 5.41) is 11.7. The molecule has 0 spiro atoms. The van der Waals surface area contributed by atoms with Crippen LogP contribution < -0.4 is 4.74 Å². The molecule has 6 nitrogen and oxygen atoms in total. The maximum absolute atomic E-state index is 13.4. The second-order valence-electron chi connectivity index (χ2n) is 11.4. The van der Waals surface area contributed by atoms with E-state index >= 15 is 0 Å². The Hall–Kier alpha value is -4.57. The topological polar surface area (TPSA) is 83.9 Å². The molecule has 48 heavy (non-hydrogen) atoms. The van der Waals surface area contributed by atoms with Crippen LogP contribution in [0, 0.1) is 0 Å². The molecule has 1 aliphatic heterocycles. The lowest BCUT2D eigenvalue weighted by Crippen LogP contribution is -2.60. The van der Waals surface area contributed by atoms with Crippen molar-refractivity contribution in [2.24, 2.45) is 0 Å². The number of thiophene rings is 1. The van der Waals surface area contributed by atoms with E-state index < -0.39 is 23.5 Å². The molecule has 0 bridgehead atoms. The third-order valence-electron chi connectivity index (χ3n) is 8.62. The number of halogens is 2. The number of carbonyl (C=O) groups excluding carboxylic acids is 2. The molecule has 0 radical (unpaired) electrons. The second kappa shape index (κ2) is 12.8. The summed E-state index contributed by atoms with van der Waals surface area (Å²) in [6.07, 6.45) is 0.661. The van der Waals surface area contributed by atoms with Gasteiger partial charge in [0, 0.05) is 33.4 Å². The molecule has 0 aliphatic carbocycles. The van der Waals surface area contributed by atoms with E-state index in [4.69, 9.17) is 4.74 Å². The lowest BCUT2D eigenvalue weighted by Gasteiger charge is -2.36. The van der Waals surface area contributed by atoms with Gasteiger partial charge in [-0.3, -0.25) is 9.59 Å². The first-order valence-electron chi connectivity index (χ1n) is 15.3. The fraction of sp³-hybridized carbons (Fsp3) is 0.103. The summed E-state index contributed by atoms with van der Waals surface area (Å²) >= 11 is 8.97. The van der Waals surface area contributed by atoms with Gasteiger partial charge in [0.25, 0.3) is 17.5 Å². The van der Waals surface area contributed by atoms with Gasteiger partial charge in [0.1, 0.15) is 0 Å². The minimum Gasteiger partial charge on any atom is -0.477 e. The molecule has 7 rings (SSSR count). The summed E-state index contributed by atoms with van der Waals surface area (Å²) in [4.78, 5) is 41.6. The van der Waals surface area contributed by atoms with Gasteiger partial charge in [-0.25, -0.2) is 9.69 Å². The van der Waals surface area contributed by atoms with Gasteiger partial charge in [-0.05, 0) is 84.4 Å². The molecular weight excluding hydrogens is 754 g/mol. The average Bonchev–Trinajstić information content (AvgIpc) is 3.59. The molecular formula is C39H27Br2NO5S. The van der Waals surface area contributed by atoms with Gasteiger partial charge >= 0.3 is 5.97 Å². The highest BCUT2D eigenvalue weighted by molar-refractivity contribution is 9.11. The van der Waals surface area contributed by atoms with Crippen LogP contribution in [0.2, 0.25) is 0 Å². The van der Waals surface area contributed by atoms with E-state index in [1.807, 2.05) is 29.5 Å². The van der Waals surface area contributed by atoms with Crippen LogP contribution >= 0.6 is 43.2 Å². The van der Waals surface area contributed by atoms with Gasteiger partial charge in [-0.15, -0.1) is 11.3 Å². The second-order valence-corrected chi connectivity index (χ2v) is 14.3. The highest BCUT2D eigenvalue weighted by Crippen LogP contribution is 2.44. The predicted molar refractivity (Wildman–Crippen MR) is 196 cm³/mol. The number of nitrogens with zero attached hydrogens (tertiary/aromatic N) is 1. The number of fused-ring (bicyclic) bond motifs is 2. The number of hydrogen-bond donors (Lipinski definition) is 1. The van der Waals surface area contributed by atoms with Crippen molar-refractivity contribution in [1.29, 1.82) is 0 Å². The Kier molecular flexibility index (Phi) is 8.53. The highest BCUT2D eigenvalue weighted by Gasteiger charge is 2.55. The fourth-order valence-corrected chi connectivity index (χ4v) is 8.83. The van der Waals surface area contributed by atoms with Gasteiger partial charge < -0.3 is 9.84 Å². The summed E-state index contributed by atoms with van der Waals surface area (Å²) in [7, 11) is 0. The van der Waals surface area contributed by atoms with Gasteiger partial charge in [0.2, 0.25) is 0 Å². The van der Waals surface area contributed by atoms with Crippen LogP contribution in [0.4, 0.5) is 0 Å². The van der Waals surface area contributed by atoms with E-state index in [1.165, 1.54) is 38.2 Å². The fourth-order valence-electron chi connectivity index (χ4n) is 6.22. The zero-order chi connectivity index (χ0) is 33.6. The normalized spacial score (nSPS) is 13.9. The first kappa shape index (κ1) is 32.0. The van der Waals surface area contributed by atoms with E-state index in [0.29, 0.717) is 13.8 Å². The quantitative estimate of drug-likeness (QED) is 0.148. The third-order valence-corrected chi connectivity index (χ3v) is 11.0. The average molecular weight is 782 g/mol. The molecule has 1 aliphatic rings. The Morgan fingerprint density at radius 3 is 1.94 bits per heavy atom. The molecule has 6 aromatic rings. The molecule has 1 atom stereocenters. The van der Waals surface area contributed by atoms with Crippen molar-refractivity contribution in [3.8, 4) is 28.0 Å². The molecule has 238 valence electrons. The number of carboxylic acids is 1.